The highest BCUT2D eigenvalue weighted by Crippen LogP contribution is 2.28. The van der Waals surface area contributed by atoms with E-state index < -0.39 is 0 Å². The van der Waals surface area contributed by atoms with Crippen molar-refractivity contribution in [1.29, 1.82) is 0 Å². The Balaban J connectivity index is 1.83. The van der Waals surface area contributed by atoms with Gasteiger partial charge in [-0.25, -0.2) is 4.79 Å². The molecule has 1 fully saturated rings. The third-order valence-electron chi connectivity index (χ3n) is 5.31. The molecule has 0 saturated carbocycles. The molecule has 2 rings (SSSR count). The van der Waals surface area contributed by atoms with E-state index in [0.29, 0.717) is 36.4 Å². The summed E-state index contributed by atoms with van der Waals surface area (Å²) in [6.45, 7) is 12.2. The van der Waals surface area contributed by atoms with Crippen molar-refractivity contribution < 1.29 is 14.3 Å². The number of rotatable bonds is 7. The molecule has 27 heavy (non-hydrogen) atoms. The van der Waals surface area contributed by atoms with Gasteiger partial charge in [0.1, 0.15) is 0 Å². The molecule has 2 unspecified atom stereocenters. The molecule has 6 nitrogen and oxygen atoms in total. The largest absolute Gasteiger partial charge is 0.493 e. The number of amides is 2. The van der Waals surface area contributed by atoms with E-state index >= 15 is 0 Å². The van der Waals surface area contributed by atoms with Crippen molar-refractivity contribution in [3.05, 3.63) is 23.8 Å². The lowest BCUT2D eigenvalue weighted by Crippen LogP contribution is -2.56. The number of nitrogens with one attached hydrogen (secondary N) is 2. The molecule has 6 heteroatoms. The van der Waals surface area contributed by atoms with Crippen LogP contribution in [0.1, 0.15) is 39.7 Å². The molecular formula is C21H35N3O3. The Morgan fingerprint density at radius 3 is 2.33 bits per heavy atom. The van der Waals surface area contributed by atoms with Crippen molar-refractivity contribution in [2.24, 2.45) is 11.8 Å². The number of benzene rings is 1. The fraction of sp³-hybridized carbons (Fsp3) is 0.667. The van der Waals surface area contributed by atoms with Gasteiger partial charge >= 0.3 is 6.03 Å². The van der Waals surface area contributed by atoms with E-state index in [9.17, 15) is 4.79 Å². The molecule has 1 aromatic carbocycles. The molecule has 0 aromatic heterocycles. The summed E-state index contributed by atoms with van der Waals surface area (Å²) in [5.74, 6) is 2.74. The molecule has 0 aliphatic carbocycles. The van der Waals surface area contributed by atoms with Crippen LogP contribution in [0.2, 0.25) is 0 Å². The van der Waals surface area contributed by atoms with Gasteiger partial charge in [-0.05, 0) is 49.8 Å². The van der Waals surface area contributed by atoms with Crippen LogP contribution in [0.3, 0.4) is 0 Å². The Hall–Kier alpha value is -1.95. The van der Waals surface area contributed by atoms with Gasteiger partial charge in [0.25, 0.3) is 0 Å². The maximum atomic E-state index is 12.3. The number of carbonyl (C=O) groups is 1. The zero-order valence-corrected chi connectivity index (χ0v) is 17.6. The van der Waals surface area contributed by atoms with Gasteiger partial charge in [-0.1, -0.05) is 19.9 Å². The van der Waals surface area contributed by atoms with Crippen LogP contribution < -0.4 is 20.1 Å². The number of likely N-dealkylation sites (tertiary alicyclic amines) is 1. The molecule has 1 heterocycles. The number of carbonyl (C=O) groups excluding carboxylic acids is 1. The lowest BCUT2D eigenvalue weighted by atomic mass is 9.88. The lowest BCUT2D eigenvalue weighted by molar-refractivity contribution is 0.0472. The van der Waals surface area contributed by atoms with E-state index in [0.717, 1.165) is 18.7 Å². The van der Waals surface area contributed by atoms with Crippen LogP contribution in [0.5, 0.6) is 11.5 Å². The predicted octanol–water partition coefficient (Wildman–Crippen LogP) is 3.26. The van der Waals surface area contributed by atoms with Crippen molar-refractivity contribution in [3.8, 4) is 11.5 Å². The molecule has 1 aliphatic heterocycles. The third kappa shape index (κ3) is 6.03. The van der Waals surface area contributed by atoms with Gasteiger partial charge in [0.15, 0.2) is 11.5 Å². The number of methoxy groups -OCH3 is 2. The van der Waals surface area contributed by atoms with Crippen LogP contribution in [-0.2, 0) is 6.54 Å². The minimum Gasteiger partial charge on any atom is -0.493 e. The summed E-state index contributed by atoms with van der Waals surface area (Å²) in [6, 6.07) is 5.48. The fourth-order valence-corrected chi connectivity index (χ4v) is 3.80. The number of hydrogen-bond donors (Lipinski definition) is 2. The quantitative estimate of drug-likeness (QED) is 0.766. The fourth-order valence-electron chi connectivity index (χ4n) is 3.80. The second kappa shape index (κ2) is 9.31. The zero-order valence-electron chi connectivity index (χ0n) is 17.6. The third-order valence-corrected chi connectivity index (χ3v) is 5.31. The first kappa shape index (κ1) is 21.4. The van der Waals surface area contributed by atoms with Gasteiger partial charge < -0.3 is 20.1 Å². The van der Waals surface area contributed by atoms with Gasteiger partial charge in [0.2, 0.25) is 0 Å². The Morgan fingerprint density at radius 1 is 1.11 bits per heavy atom. The molecule has 2 atom stereocenters. The SMILES string of the molecule is COc1ccc(CNC(=O)NCC(C)(C)N2CC(C)CC(C)C2)cc1OC. The number of urea groups is 1. The Bertz CT molecular complexity index is 623. The number of hydrogen-bond acceptors (Lipinski definition) is 4. The predicted molar refractivity (Wildman–Crippen MR) is 108 cm³/mol. The van der Waals surface area contributed by atoms with E-state index in [1.165, 1.54) is 6.42 Å². The standard InChI is InChI=1S/C21H35N3O3/c1-15-9-16(2)13-24(12-15)21(3,4)14-23-20(25)22-11-17-7-8-18(26-5)19(10-17)27-6/h7-8,10,15-16H,9,11-14H2,1-6H3,(H2,22,23,25). The summed E-state index contributed by atoms with van der Waals surface area (Å²) >= 11 is 0. The van der Waals surface area contributed by atoms with Crippen LogP contribution >= 0.6 is 0 Å². The van der Waals surface area contributed by atoms with E-state index in [4.69, 9.17) is 9.47 Å². The van der Waals surface area contributed by atoms with Crippen LogP contribution in [0.25, 0.3) is 0 Å². The normalized spacial score (nSPS) is 20.8. The number of piperidine rings is 1. The molecule has 1 aromatic rings. The molecule has 0 spiro atoms. The van der Waals surface area contributed by atoms with Crippen molar-refractivity contribution in [3.63, 3.8) is 0 Å². The van der Waals surface area contributed by atoms with Crippen molar-refractivity contribution in [2.75, 3.05) is 33.9 Å². The van der Waals surface area contributed by atoms with Crippen LogP contribution in [0.15, 0.2) is 18.2 Å². The van der Waals surface area contributed by atoms with Gasteiger partial charge in [0, 0.05) is 31.7 Å². The summed E-state index contributed by atoms with van der Waals surface area (Å²) in [4.78, 5) is 14.8. The van der Waals surface area contributed by atoms with E-state index in [-0.39, 0.29) is 11.6 Å². The topological polar surface area (TPSA) is 62.8 Å². The lowest BCUT2D eigenvalue weighted by Gasteiger charge is -2.45. The Labute approximate surface area is 163 Å². The molecule has 0 bridgehead atoms. The minimum atomic E-state index is -0.157. The number of nitrogens with zero attached hydrogens (tertiary/aromatic N) is 1. The monoisotopic (exact) mass is 377 g/mol. The zero-order chi connectivity index (χ0) is 20.0. The molecule has 2 N–H and O–H groups in total. The molecule has 1 saturated heterocycles. The average molecular weight is 378 g/mol. The Morgan fingerprint density at radius 2 is 1.74 bits per heavy atom. The summed E-state index contributed by atoms with van der Waals surface area (Å²) < 4.78 is 10.5. The van der Waals surface area contributed by atoms with Crippen LogP contribution in [0, 0.1) is 11.8 Å². The smallest absolute Gasteiger partial charge is 0.315 e. The Kier molecular flexibility index (Phi) is 7.36. The van der Waals surface area contributed by atoms with Crippen molar-refractivity contribution in [1.82, 2.24) is 15.5 Å². The van der Waals surface area contributed by atoms with Crippen LogP contribution in [0.4, 0.5) is 4.79 Å². The van der Waals surface area contributed by atoms with Gasteiger partial charge in [0.05, 0.1) is 14.2 Å². The first-order chi connectivity index (χ1) is 12.7. The van der Waals surface area contributed by atoms with Gasteiger partial charge in [-0.2, -0.15) is 0 Å². The summed E-state index contributed by atoms with van der Waals surface area (Å²) in [7, 11) is 3.21. The summed E-state index contributed by atoms with van der Waals surface area (Å²) in [6.07, 6.45) is 1.28. The maximum absolute atomic E-state index is 12.3. The highest BCUT2D eigenvalue weighted by atomic mass is 16.5. The van der Waals surface area contributed by atoms with Crippen molar-refractivity contribution >= 4 is 6.03 Å². The van der Waals surface area contributed by atoms with Gasteiger partial charge in [-0.3, -0.25) is 4.90 Å². The molecule has 2 amide bonds. The average Bonchev–Trinajstić information content (AvgIpc) is 2.63. The first-order valence-corrected chi connectivity index (χ1v) is 9.72. The van der Waals surface area contributed by atoms with E-state index in [1.807, 2.05) is 18.2 Å². The molecule has 152 valence electrons. The maximum Gasteiger partial charge on any atom is 0.315 e. The molecule has 0 radical (unpaired) electrons. The summed E-state index contributed by atoms with van der Waals surface area (Å²) in [5, 5.41) is 5.94. The molecular weight excluding hydrogens is 342 g/mol. The first-order valence-electron chi connectivity index (χ1n) is 9.72. The van der Waals surface area contributed by atoms with E-state index in [2.05, 4.69) is 43.2 Å². The van der Waals surface area contributed by atoms with Crippen LogP contribution in [-0.4, -0.2) is 50.3 Å². The van der Waals surface area contributed by atoms with Gasteiger partial charge in [-0.15, -0.1) is 0 Å². The second-order valence-electron chi connectivity index (χ2n) is 8.39. The second-order valence-corrected chi connectivity index (χ2v) is 8.39. The molecule has 1 aliphatic rings. The highest BCUT2D eigenvalue weighted by molar-refractivity contribution is 5.73. The minimum absolute atomic E-state index is 0.0659. The number of ether oxygens (including phenoxy) is 2. The van der Waals surface area contributed by atoms with E-state index in [1.54, 1.807) is 14.2 Å². The highest BCUT2D eigenvalue weighted by Gasteiger charge is 2.32. The summed E-state index contributed by atoms with van der Waals surface area (Å²) in [5.41, 5.74) is 0.893. The van der Waals surface area contributed by atoms with Crippen molar-refractivity contribution in [2.45, 2.75) is 46.2 Å².